The molecule has 5 aromatic carbocycles. The average Bonchev–Trinajstić information content (AvgIpc) is 3.48. The van der Waals surface area contributed by atoms with E-state index in [4.69, 9.17) is 23.9 Å². The molecule has 0 aliphatic rings. The van der Waals surface area contributed by atoms with Crippen LogP contribution in [-0.4, -0.2) is 31.4 Å². The second-order valence-electron chi connectivity index (χ2n) is 20.6. The van der Waals surface area contributed by atoms with Crippen LogP contribution in [0.5, 0.6) is 0 Å². The van der Waals surface area contributed by atoms with Gasteiger partial charge in [-0.15, -0.1) is 0 Å². The zero-order valence-corrected chi connectivity index (χ0v) is 48.0. The molecule has 0 aliphatic heterocycles. The maximum Gasteiger partial charge on any atom is 0.115 e. The molecular formula is C75H79NO4. The minimum Gasteiger partial charge on any atom is -0.377 e. The standard InChI is InChI=1S/C75H79NO4/c1-5-9-13-17-39-77-56-70-48-62-29-27-60-23-21-24-61(43-60)28-30-63-45-65(51-71(49-63)57-78-40-18-14-10-6-2)32-34-67-47-69(55-73(53-67)59-80-42-20-16-12-8-4)36-38-75-26-22-25-74(76-75)37-35-68-46-66(33-31-64(44-62)50-70)52-72(54-68)58-79-41-19-15-11-7-3/h21-26,43-55H,5-20,39-42,56-59H2,1-4H3. The van der Waals surface area contributed by atoms with Gasteiger partial charge < -0.3 is 18.9 Å². The largest absolute Gasteiger partial charge is 0.377 e. The van der Waals surface area contributed by atoms with E-state index in [0.29, 0.717) is 63.9 Å². The predicted octanol–water partition coefficient (Wildman–Crippen LogP) is 19.1. The van der Waals surface area contributed by atoms with E-state index in [1.165, 1.54) is 51.4 Å². The predicted molar refractivity (Wildman–Crippen MR) is 330 cm³/mol. The van der Waals surface area contributed by atoms with Gasteiger partial charge in [-0.2, -0.15) is 0 Å². The zero-order valence-electron chi connectivity index (χ0n) is 48.0. The molecular weight excluding hydrogens is 979 g/mol. The highest BCUT2D eigenvalue weighted by Gasteiger charge is 2.02. The van der Waals surface area contributed by atoms with Crippen LogP contribution in [0.15, 0.2) is 115 Å². The Labute approximate surface area is 480 Å². The van der Waals surface area contributed by atoms with Crippen LogP contribution in [0.3, 0.4) is 0 Å². The molecule has 0 fully saturated rings. The fraction of sp³-hybridized carbons (Fsp3) is 0.373. The maximum absolute atomic E-state index is 6.20. The smallest absolute Gasteiger partial charge is 0.115 e. The van der Waals surface area contributed by atoms with E-state index in [2.05, 4.69) is 161 Å². The Hall–Kier alpha value is -7.55. The van der Waals surface area contributed by atoms with Crippen LogP contribution < -0.4 is 0 Å². The molecule has 2 heterocycles. The molecule has 0 aliphatic carbocycles. The van der Waals surface area contributed by atoms with Crippen molar-refractivity contribution in [3.8, 4) is 0 Å². The van der Waals surface area contributed by atoms with Crippen LogP contribution in [-0.2, 0) is 45.4 Å². The minimum atomic E-state index is 0.472. The number of benzene rings is 5. The Morgan fingerprint density at radius 3 is 0.775 bits per heavy atom. The quantitative estimate of drug-likeness (QED) is 0.0458. The van der Waals surface area contributed by atoms with Crippen molar-refractivity contribution in [2.45, 2.75) is 157 Å². The summed E-state index contributed by atoms with van der Waals surface area (Å²) in [7, 11) is 0. The summed E-state index contributed by atoms with van der Waals surface area (Å²) in [5.74, 6) is 0. The van der Waals surface area contributed by atoms with Gasteiger partial charge in [0.1, 0.15) is 11.0 Å². The summed E-state index contributed by atoms with van der Waals surface area (Å²) in [6, 6.07) is 80.1. The van der Waals surface area contributed by atoms with Crippen molar-refractivity contribution in [2.75, 3.05) is 26.4 Å². The third-order valence-electron chi connectivity index (χ3n) is 13.3. The van der Waals surface area contributed by atoms with Crippen molar-refractivity contribution in [2.24, 2.45) is 0 Å². The average molecular weight is 1060 g/mol. The maximum atomic E-state index is 6.20. The minimum absolute atomic E-state index is 0.472. The van der Waals surface area contributed by atoms with Crippen molar-refractivity contribution in [3.63, 3.8) is 0 Å². The van der Waals surface area contributed by atoms with Gasteiger partial charge in [0.05, 0.1) is 26.4 Å². The molecule has 0 saturated heterocycles. The van der Waals surface area contributed by atoms with Gasteiger partial charge in [-0.3, -0.25) is 0 Å². The Bertz CT molecular complexity index is 2890. The van der Waals surface area contributed by atoms with E-state index in [9.17, 15) is 0 Å². The number of fused-ring (bicyclic) bond motifs is 12. The topological polar surface area (TPSA) is 49.8 Å². The van der Waals surface area contributed by atoms with Gasteiger partial charge in [-0.25, -0.2) is 4.98 Å². The Balaban J connectivity index is 1.38. The third-order valence-corrected chi connectivity index (χ3v) is 13.3. The molecule has 12 bridgehead atoms. The lowest BCUT2D eigenvalue weighted by Crippen LogP contribution is -1.95. The summed E-state index contributed by atoms with van der Waals surface area (Å²) in [6.07, 6.45) is 18.4. The zero-order chi connectivity index (χ0) is 55.7. The number of hydrogen-bond acceptors (Lipinski definition) is 5. The fourth-order valence-electron chi connectivity index (χ4n) is 9.06. The van der Waals surface area contributed by atoms with Crippen molar-refractivity contribution >= 4 is 64.9 Å². The first-order valence-electron chi connectivity index (χ1n) is 29.5. The number of ether oxygens (including phenoxy) is 4. The molecule has 408 valence electrons. The van der Waals surface area contributed by atoms with Gasteiger partial charge >= 0.3 is 0 Å². The van der Waals surface area contributed by atoms with E-state index < -0.39 is 0 Å². The normalized spacial score (nSPS) is 10.6. The second-order valence-corrected chi connectivity index (χ2v) is 20.6. The summed E-state index contributed by atoms with van der Waals surface area (Å²) in [6.45, 7) is 13.6. The summed E-state index contributed by atoms with van der Waals surface area (Å²) >= 11 is 0. The molecule has 0 atom stereocenters. The van der Waals surface area contributed by atoms with Crippen LogP contribution in [0.25, 0.3) is 64.9 Å². The van der Waals surface area contributed by atoms with E-state index in [0.717, 1.165) is 127 Å². The fourth-order valence-corrected chi connectivity index (χ4v) is 9.06. The number of hydrogen-bond donors (Lipinski definition) is 0. The van der Waals surface area contributed by atoms with E-state index in [-0.39, 0.29) is 0 Å². The van der Waals surface area contributed by atoms with Crippen LogP contribution in [0, 0.1) is 72.8 Å². The first-order chi connectivity index (χ1) is 39.4. The van der Waals surface area contributed by atoms with Gasteiger partial charge in [0.15, 0.2) is 0 Å². The van der Waals surface area contributed by atoms with Gasteiger partial charge in [0, 0.05) is 80.3 Å². The molecule has 7 rings (SSSR count). The number of unbranched alkanes of at least 4 members (excludes halogenated alkanes) is 12. The molecule has 0 unspecified atom stereocenters. The monoisotopic (exact) mass is 1060 g/mol. The van der Waals surface area contributed by atoms with Crippen LogP contribution in [0.4, 0.5) is 0 Å². The number of aromatic nitrogens is 1. The first-order valence-corrected chi connectivity index (χ1v) is 29.5. The number of pyridine rings is 1. The highest BCUT2D eigenvalue weighted by molar-refractivity contribution is 5.72. The molecule has 0 radical (unpaired) electrons. The molecule has 0 amide bonds. The highest BCUT2D eigenvalue weighted by atomic mass is 16.5. The lowest BCUT2D eigenvalue weighted by molar-refractivity contribution is 0.117. The molecule has 2 aromatic heterocycles. The lowest BCUT2D eigenvalue weighted by Gasteiger charge is -2.05. The molecule has 5 nitrogen and oxygen atoms in total. The van der Waals surface area contributed by atoms with E-state index in [1.54, 1.807) is 0 Å². The van der Waals surface area contributed by atoms with Crippen LogP contribution in [0.1, 0.15) is 153 Å². The van der Waals surface area contributed by atoms with Gasteiger partial charge in [0.2, 0.25) is 0 Å². The SMILES string of the molecule is CCCCCCOCc1cc2c#cc3cccc(c#cc4cc(COCCCCCC)cc(c#cc5cc(COCCCCCC)cc(c#cc6cccc(c#cc7cc(COCCCCCC)cc(c#cc(c1)c2)c7)n6)c5)c4)c3. The van der Waals surface area contributed by atoms with Crippen molar-refractivity contribution in [1.82, 2.24) is 4.98 Å². The molecule has 80 heavy (non-hydrogen) atoms. The molecule has 0 spiro atoms. The molecule has 5 heteroatoms. The third kappa shape index (κ3) is 22.7. The van der Waals surface area contributed by atoms with Gasteiger partial charge in [-0.05, 0) is 163 Å². The van der Waals surface area contributed by atoms with Crippen LogP contribution in [0.2, 0.25) is 0 Å². The van der Waals surface area contributed by atoms with Crippen molar-refractivity contribution in [3.05, 3.63) is 210 Å². The van der Waals surface area contributed by atoms with E-state index in [1.807, 2.05) is 54.6 Å². The van der Waals surface area contributed by atoms with E-state index >= 15 is 0 Å². The molecule has 7 aromatic rings. The first kappa shape index (κ1) is 60.1. The van der Waals surface area contributed by atoms with Gasteiger partial charge in [0.25, 0.3) is 0 Å². The Morgan fingerprint density at radius 1 is 0.263 bits per heavy atom. The summed E-state index contributed by atoms with van der Waals surface area (Å²) in [4.78, 5) is 4.88. The van der Waals surface area contributed by atoms with Crippen molar-refractivity contribution in [1.29, 1.82) is 0 Å². The summed E-state index contributed by atoms with van der Waals surface area (Å²) in [5.41, 5.74) is 5.34. The molecule has 0 N–H and O–H groups in total. The summed E-state index contributed by atoms with van der Waals surface area (Å²) < 4.78 is 24.8. The summed E-state index contributed by atoms with van der Waals surface area (Å²) in [5, 5.41) is 8.52. The second kappa shape index (κ2) is 35.1. The van der Waals surface area contributed by atoms with Crippen molar-refractivity contribution < 1.29 is 18.9 Å². The Morgan fingerprint density at radius 2 is 0.500 bits per heavy atom. The lowest BCUT2D eigenvalue weighted by atomic mass is 10.1. The molecule has 0 saturated carbocycles. The van der Waals surface area contributed by atoms with Gasteiger partial charge in [-0.1, -0.05) is 178 Å². The number of rotatable bonds is 28. The van der Waals surface area contributed by atoms with Crippen LogP contribution >= 0.6 is 0 Å². The Kier molecular flexibility index (Phi) is 26.4. The number of nitrogens with zero attached hydrogens (tertiary/aromatic N) is 1. The highest BCUT2D eigenvalue weighted by Crippen LogP contribution is 2.17.